The highest BCUT2D eigenvalue weighted by atomic mass is 32.2. The van der Waals surface area contributed by atoms with Crippen LogP contribution in [0.4, 0.5) is 5.69 Å². The van der Waals surface area contributed by atoms with E-state index in [4.69, 9.17) is 5.73 Å². The van der Waals surface area contributed by atoms with Gasteiger partial charge in [-0.05, 0) is 50.0 Å². The first-order valence-corrected chi connectivity index (χ1v) is 9.08. The number of sulfonamides is 1. The lowest BCUT2D eigenvalue weighted by Gasteiger charge is -2.23. The third kappa shape index (κ3) is 3.75. The SMILES string of the molecule is CCc1ccc(N)cc1S(=O)(=O)NCC1CCCN1CC. The Morgan fingerprint density at radius 1 is 1.38 bits per heavy atom. The maximum atomic E-state index is 12.5. The molecular formula is C15H25N3O2S. The molecule has 0 spiro atoms. The Morgan fingerprint density at radius 2 is 2.14 bits per heavy atom. The Bertz CT molecular complexity index is 587. The minimum atomic E-state index is -3.50. The van der Waals surface area contributed by atoms with E-state index in [0.717, 1.165) is 31.5 Å². The fourth-order valence-electron chi connectivity index (χ4n) is 2.94. The van der Waals surface area contributed by atoms with E-state index in [0.29, 0.717) is 29.6 Å². The van der Waals surface area contributed by atoms with Gasteiger partial charge in [0.05, 0.1) is 4.90 Å². The van der Waals surface area contributed by atoms with Gasteiger partial charge in [0.25, 0.3) is 0 Å². The van der Waals surface area contributed by atoms with E-state index in [2.05, 4.69) is 16.5 Å². The number of hydrogen-bond donors (Lipinski definition) is 2. The molecule has 1 atom stereocenters. The van der Waals surface area contributed by atoms with Crippen molar-refractivity contribution >= 4 is 15.7 Å². The molecule has 1 aromatic carbocycles. The zero-order chi connectivity index (χ0) is 15.5. The molecule has 5 nitrogen and oxygen atoms in total. The fraction of sp³-hybridized carbons (Fsp3) is 0.600. The maximum Gasteiger partial charge on any atom is 0.240 e. The standard InChI is InChI=1S/C15H25N3O2S/c1-3-12-7-8-13(16)10-15(12)21(19,20)17-11-14-6-5-9-18(14)4-2/h7-8,10,14,17H,3-6,9,11,16H2,1-2H3. The lowest BCUT2D eigenvalue weighted by molar-refractivity contribution is 0.268. The van der Waals surface area contributed by atoms with Crippen LogP contribution in [0, 0.1) is 0 Å². The van der Waals surface area contributed by atoms with Gasteiger partial charge in [0, 0.05) is 18.3 Å². The Kier molecular flexibility index (Phi) is 5.24. The Balaban J connectivity index is 2.13. The molecular weight excluding hydrogens is 286 g/mol. The first-order chi connectivity index (χ1) is 9.97. The first kappa shape index (κ1) is 16.3. The van der Waals surface area contributed by atoms with E-state index in [1.165, 1.54) is 0 Å². The second-order valence-electron chi connectivity index (χ2n) is 5.50. The van der Waals surface area contributed by atoms with Gasteiger partial charge in [-0.2, -0.15) is 0 Å². The zero-order valence-electron chi connectivity index (χ0n) is 12.8. The summed E-state index contributed by atoms with van der Waals surface area (Å²) in [6.45, 7) is 6.54. The summed E-state index contributed by atoms with van der Waals surface area (Å²) in [5, 5.41) is 0. The van der Waals surface area contributed by atoms with Crippen molar-refractivity contribution in [3.63, 3.8) is 0 Å². The summed E-state index contributed by atoms with van der Waals surface area (Å²) in [7, 11) is -3.50. The quantitative estimate of drug-likeness (QED) is 0.782. The molecule has 1 fully saturated rings. The van der Waals surface area contributed by atoms with Crippen LogP contribution in [0.1, 0.15) is 32.3 Å². The van der Waals surface area contributed by atoms with Crippen molar-refractivity contribution in [1.29, 1.82) is 0 Å². The van der Waals surface area contributed by atoms with E-state index in [1.807, 2.05) is 6.92 Å². The molecule has 21 heavy (non-hydrogen) atoms. The van der Waals surface area contributed by atoms with Crippen LogP contribution >= 0.6 is 0 Å². The van der Waals surface area contributed by atoms with Crippen molar-refractivity contribution in [3.05, 3.63) is 23.8 Å². The Hall–Kier alpha value is -1.11. The molecule has 6 heteroatoms. The maximum absolute atomic E-state index is 12.5. The molecule has 1 aliphatic rings. The normalized spacial score (nSPS) is 20.0. The number of likely N-dealkylation sites (tertiary alicyclic amines) is 1. The molecule has 2 rings (SSSR count). The van der Waals surface area contributed by atoms with Gasteiger partial charge in [0.15, 0.2) is 0 Å². The summed E-state index contributed by atoms with van der Waals surface area (Å²) < 4.78 is 27.8. The molecule has 1 saturated heterocycles. The van der Waals surface area contributed by atoms with E-state index >= 15 is 0 Å². The fourth-order valence-corrected chi connectivity index (χ4v) is 4.36. The van der Waals surface area contributed by atoms with Gasteiger partial charge >= 0.3 is 0 Å². The lowest BCUT2D eigenvalue weighted by atomic mass is 10.1. The average Bonchev–Trinajstić information content (AvgIpc) is 2.92. The molecule has 0 amide bonds. The number of aryl methyl sites for hydroxylation is 1. The van der Waals surface area contributed by atoms with Crippen LogP contribution in [0.25, 0.3) is 0 Å². The number of nitrogens with two attached hydrogens (primary N) is 1. The van der Waals surface area contributed by atoms with E-state index in [1.54, 1.807) is 18.2 Å². The molecule has 0 radical (unpaired) electrons. The van der Waals surface area contributed by atoms with Crippen LogP contribution in [-0.4, -0.2) is 39.0 Å². The highest BCUT2D eigenvalue weighted by Gasteiger charge is 2.25. The monoisotopic (exact) mass is 311 g/mol. The van der Waals surface area contributed by atoms with Gasteiger partial charge in [0.2, 0.25) is 10.0 Å². The second-order valence-corrected chi connectivity index (χ2v) is 7.23. The molecule has 1 unspecified atom stereocenters. The molecule has 1 heterocycles. The lowest BCUT2D eigenvalue weighted by Crippen LogP contribution is -2.40. The summed E-state index contributed by atoms with van der Waals surface area (Å²) in [4.78, 5) is 2.63. The smallest absolute Gasteiger partial charge is 0.240 e. The van der Waals surface area contributed by atoms with Gasteiger partial charge in [0.1, 0.15) is 0 Å². The summed E-state index contributed by atoms with van der Waals surface area (Å²) in [5.74, 6) is 0. The van der Waals surface area contributed by atoms with Crippen molar-refractivity contribution in [2.45, 2.75) is 44.0 Å². The minimum Gasteiger partial charge on any atom is -0.399 e. The van der Waals surface area contributed by atoms with Crippen LogP contribution in [0.5, 0.6) is 0 Å². The highest BCUT2D eigenvalue weighted by Crippen LogP contribution is 2.21. The predicted octanol–water partition coefficient (Wildman–Crippen LogP) is 1.59. The molecule has 1 aliphatic heterocycles. The number of benzene rings is 1. The van der Waals surface area contributed by atoms with Gasteiger partial charge in [-0.25, -0.2) is 13.1 Å². The van der Waals surface area contributed by atoms with Gasteiger partial charge < -0.3 is 5.73 Å². The van der Waals surface area contributed by atoms with Crippen molar-refractivity contribution in [3.8, 4) is 0 Å². The number of nitrogen functional groups attached to an aromatic ring is 1. The number of likely N-dealkylation sites (N-methyl/N-ethyl adjacent to an activating group) is 1. The molecule has 118 valence electrons. The van der Waals surface area contributed by atoms with Crippen LogP contribution in [0.15, 0.2) is 23.1 Å². The Labute approximate surface area is 127 Å². The average molecular weight is 311 g/mol. The molecule has 0 saturated carbocycles. The van der Waals surface area contributed by atoms with Crippen LogP contribution in [0.3, 0.4) is 0 Å². The Morgan fingerprint density at radius 3 is 2.81 bits per heavy atom. The number of nitrogens with one attached hydrogen (secondary N) is 1. The summed E-state index contributed by atoms with van der Waals surface area (Å²) in [6.07, 6.45) is 2.85. The second kappa shape index (κ2) is 6.77. The molecule has 3 N–H and O–H groups in total. The third-order valence-corrected chi connectivity index (χ3v) is 5.68. The van der Waals surface area contributed by atoms with Gasteiger partial charge in [-0.15, -0.1) is 0 Å². The predicted molar refractivity (Wildman–Crippen MR) is 85.7 cm³/mol. The molecule has 0 aliphatic carbocycles. The van der Waals surface area contributed by atoms with Crippen LogP contribution < -0.4 is 10.5 Å². The number of anilines is 1. The van der Waals surface area contributed by atoms with E-state index in [9.17, 15) is 8.42 Å². The topological polar surface area (TPSA) is 75.4 Å². The van der Waals surface area contributed by atoms with E-state index in [-0.39, 0.29) is 0 Å². The number of nitrogens with zero attached hydrogens (tertiary/aromatic N) is 1. The highest BCUT2D eigenvalue weighted by molar-refractivity contribution is 7.89. The van der Waals surface area contributed by atoms with Crippen LogP contribution in [-0.2, 0) is 16.4 Å². The summed E-state index contributed by atoms with van der Waals surface area (Å²) in [5.41, 5.74) is 7.02. The van der Waals surface area contributed by atoms with Crippen molar-refractivity contribution < 1.29 is 8.42 Å². The van der Waals surface area contributed by atoms with Crippen molar-refractivity contribution in [2.75, 3.05) is 25.4 Å². The minimum absolute atomic E-state index is 0.302. The van der Waals surface area contributed by atoms with Crippen LogP contribution in [0.2, 0.25) is 0 Å². The zero-order valence-corrected chi connectivity index (χ0v) is 13.6. The number of hydrogen-bond acceptors (Lipinski definition) is 4. The summed E-state index contributed by atoms with van der Waals surface area (Å²) in [6, 6.07) is 5.38. The van der Waals surface area contributed by atoms with Crippen molar-refractivity contribution in [2.24, 2.45) is 0 Å². The molecule has 0 bridgehead atoms. The van der Waals surface area contributed by atoms with Crippen molar-refractivity contribution in [1.82, 2.24) is 9.62 Å². The largest absolute Gasteiger partial charge is 0.399 e. The first-order valence-electron chi connectivity index (χ1n) is 7.60. The number of rotatable bonds is 6. The molecule has 0 aromatic heterocycles. The van der Waals surface area contributed by atoms with Gasteiger partial charge in [-0.1, -0.05) is 19.9 Å². The van der Waals surface area contributed by atoms with Gasteiger partial charge in [-0.3, -0.25) is 4.90 Å². The molecule has 1 aromatic rings. The third-order valence-electron chi connectivity index (χ3n) is 4.18. The summed E-state index contributed by atoms with van der Waals surface area (Å²) >= 11 is 0. The van der Waals surface area contributed by atoms with E-state index < -0.39 is 10.0 Å².